The van der Waals surface area contributed by atoms with Gasteiger partial charge in [0.15, 0.2) is 6.61 Å². The second-order valence-electron chi connectivity index (χ2n) is 4.20. The Morgan fingerprint density at radius 2 is 1.57 bits per heavy atom. The third-order valence-electron chi connectivity index (χ3n) is 2.44. The number of ether oxygens (including phenoxy) is 3. The van der Waals surface area contributed by atoms with E-state index < -0.39 is 24.5 Å². The van der Waals surface area contributed by atoms with E-state index in [0.717, 1.165) is 12.2 Å². The van der Waals surface area contributed by atoms with E-state index in [4.69, 9.17) is 9.47 Å². The molecule has 124 valence electrons. The lowest BCUT2D eigenvalue weighted by Gasteiger charge is -2.07. The Bertz CT molecular complexity index is 564. The fourth-order valence-corrected chi connectivity index (χ4v) is 1.51. The highest BCUT2D eigenvalue weighted by Crippen LogP contribution is 2.15. The van der Waals surface area contributed by atoms with E-state index in [1.165, 1.54) is 0 Å². The number of rotatable bonds is 8. The average Bonchev–Trinajstić information content (AvgIpc) is 2.53. The number of benzene rings is 1. The van der Waals surface area contributed by atoms with Gasteiger partial charge in [-0.15, -0.1) is 0 Å². The predicted octanol–water partition coefficient (Wildman–Crippen LogP) is 1.69. The third kappa shape index (κ3) is 7.66. The number of anilines is 1. The molecule has 1 rings (SSSR count). The molecule has 7 nitrogen and oxygen atoms in total. The largest absolute Gasteiger partial charge is 0.494 e. The molecule has 0 aromatic heterocycles. The van der Waals surface area contributed by atoms with E-state index in [2.05, 4.69) is 10.1 Å². The predicted molar refractivity (Wildman–Crippen MR) is 83.0 cm³/mol. The van der Waals surface area contributed by atoms with Gasteiger partial charge in [-0.25, -0.2) is 9.59 Å². The quantitative estimate of drug-likeness (QED) is 0.579. The highest BCUT2D eigenvalue weighted by molar-refractivity contribution is 5.95. The summed E-state index contributed by atoms with van der Waals surface area (Å²) < 4.78 is 14.6. The van der Waals surface area contributed by atoms with Crippen LogP contribution in [0.15, 0.2) is 36.4 Å². The zero-order chi connectivity index (χ0) is 17.1. The van der Waals surface area contributed by atoms with Crippen LogP contribution >= 0.6 is 0 Å². The molecule has 0 fully saturated rings. The van der Waals surface area contributed by atoms with Crippen LogP contribution in [0.2, 0.25) is 0 Å². The molecule has 0 bridgehead atoms. The molecule has 1 aromatic rings. The maximum atomic E-state index is 11.6. The molecule has 1 aromatic carbocycles. The van der Waals surface area contributed by atoms with Crippen molar-refractivity contribution in [3.63, 3.8) is 0 Å². The van der Waals surface area contributed by atoms with Crippen LogP contribution in [0.25, 0.3) is 0 Å². The first-order chi connectivity index (χ1) is 11.0. The Morgan fingerprint density at radius 1 is 0.957 bits per heavy atom. The van der Waals surface area contributed by atoms with E-state index in [1.807, 2.05) is 6.92 Å². The van der Waals surface area contributed by atoms with Crippen LogP contribution < -0.4 is 10.1 Å². The summed E-state index contributed by atoms with van der Waals surface area (Å²) in [7, 11) is 0. The average molecular weight is 321 g/mol. The van der Waals surface area contributed by atoms with Crippen molar-refractivity contribution in [3.8, 4) is 5.75 Å². The summed E-state index contributed by atoms with van der Waals surface area (Å²) in [5, 5.41) is 2.56. The monoisotopic (exact) mass is 321 g/mol. The Balaban J connectivity index is 2.36. The van der Waals surface area contributed by atoms with Crippen LogP contribution in [0, 0.1) is 0 Å². The van der Waals surface area contributed by atoms with Gasteiger partial charge >= 0.3 is 11.9 Å². The van der Waals surface area contributed by atoms with Crippen molar-refractivity contribution in [2.75, 3.05) is 25.1 Å². The fraction of sp³-hybridized carbons (Fsp3) is 0.312. The molecule has 0 aliphatic rings. The molecule has 0 heterocycles. The minimum absolute atomic E-state index is 0.211. The Labute approximate surface area is 134 Å². The number of amides is 1. The van der Waals surface area contributed by atoms with Crippen LogP contribution in [0.1, 0.15) is 13.8 Å². The molecule has 0 radical (unpaired) electrons. The summed E-state index contributed by atoms with van der Waals surface area (Å²) in [6.07, 6.45) is 1.85. The number of nitrogens with one attached hydrogen (secondary N) is 1. The first kappa shape index (κ1) is 18.2. The molecule has 0 spiro atoms. The summed E-state index contributed by atoms with van der Waals surface area (Å²) in [6.45, 7) is 3.83. The van der Waals surface area contributed by atoms with Gasteiger partial charge in [0, 0.05) is 17.8 Å². The smallest absolute Gasteiger partial charge is 0.331 e. The summed E-state index contributed by atoms with van der Waals surface area (Å²) in [4.78, 5) is 33.9. The van der Waals surface area contributed by atoms with Gasteiger partial charge in [-0.05, 0) is 38.1 Å². The second kappa shape index (κ2) is 9.99. The standard InChI is InChI=1S/C16H19NO6/c1-3-21-13-7-5-12(6-8-13)17-14(18)11-23-16(20)10-9-15(19)22-4-2/h5-10H,3-4,11H2,1-2H3,(H,17,18). The Kier molecular flexibility index (Phi) is 7.91. The topological polar surface area (TPSA) is 90.9 Å². The van der Waals surface area contributed by atoms with E-state index in [0.29, 0.717) is 18.0 Å². The molecule has 0 saturated heterocycles. The molecule has 7 heteroatoms. The Morgan fingerprint density at radius 3 is 2.13 bits per heavy atom. The first-order valence-electron chi connectivity index (χ1n) is 7.09. The van der Waals surface area contributed by atoms with Gasteiger partial charge in [-0.2, -0.15) is 0 Å². The highest BCUT2D eigenvalue weighted by atomic mass is 16.5. The fourth-order valence-electron chi connectivity index (χ4n) is 1.51. The Hall–Kier alpha value is -2.83. The van der Waals surface area contributed by atoms with Crippen molar-refractivity contribution in [2.24, 2.45) is 0 Å². The molecule has 0 saturated carbocycles. The van der Waals surface area contributed by atoms with Crippen molar-refractivity contribution >= 4 is 23.5 Å². The minimum atomic E-state index is -0.806. The summed E-state index contributed by atoms with van der Waals surface area (Å²) in [5.41, 5.74) is 0.552. The maximum absolute atomic E-state index is 11.6. The van der Waals surface area contributed by atoms with Crippen LogP contribution in [0.3, 0.4) is 0 Å². The molecule has 1 amide bonds. The SMILES string of the molecule is CCOC(=O)C=CC(=O)OCC(=O)Nc1ccc(OCC)cc1. The molecular formula is C16H19NO6. The number of esters is 2. The van der Waals surface area contributed by atoms with E-state index >= 15 is 0 Å². The van der Waals surface area contributed by atoms with Crippen molar-refractivity contribution in [1.82, 2.24) is 0 Å². The number of carbonyl (C=O) groups excluding carboxylic acids is 3. The molecule has 0 atom stereocenters. The zero-order valence-electron chi connectivity index (χ0n) is 13.0. The van der Waals surface area contributed by atoms with Gasteiger partial charge in [0.1, 0.15) is 5.75 Å². The third-order valence-corrected chi connectivity index (χ3v) is 2.44. The lowest BCUT2D eigenvalue weighted by Crippen LogP contribution is -2.20. The van der Waals surface area contributed by atoms with E-state index in [-0.39, 0.29) is 6.61 Å². The van der Waals surface area contributed by atoms with Gasteiger partial charge < -0.3 is 19.5 Å². The van der Waals surface area contributed by atoms with Crippen LogP contribution in [0.5, 0.6) is 5.75 Å². The van der Waals surface area contributed by atoms with Crippen molar-refractivity contribution in [1.29, 1.82) is 0 Å². The number of carbonyl (C=O) groups is 3. The zero-order valence-corrected chi connectivity index (χ0v) is 13.0. The van der Waals surface area contributed by atoms with Gasteiger partial charge in [-0.3, -0.25) is 4.79 Å². The normalized spacial score (nSPS) is 10.2. The molecule has 1 N–H and O–H groups in total. The summed E-state index contributed by atoms with van der Waals surface area (Å²) >= 11 is 0. The van der Waals surface area contributed by atoms with Crippen LogP contribution in [0.4, 0.5) is 5.69 Å². The highest BCUT2D eigenvalue weighted by Gasteiger charge is 2.06. The van der Waals surface area contributed by atoms with Gasteiger partial charge in [0.25, 0.3) is 5.91 Å². The van der Waals surface area contributed by atoms with Crippen molar-refractivity contribution < 1.29 is 28.6 Å². The van der Waals surface area contributed by atoms with Crippen molar-refractivity contribution in [2.45, 2.75) is 13.8 Å². The van der Waals surface area contributed by atoms with Gasteiger partial charge in [0.2, 0.25) is 0 Å². The number of hydrogen-bond acceptors (Lipinski definition) is 6. The van der Waals surface area contributed by atoms with Gasteiger partial charge in [0.05, 0.1) is 13.2 Å². The lowest BCUT2D eigenvalue weighted by molar-refractivity contribution is -0.143. The molecule has 0 aliphatic carbocycles. The van der Waals surface area contributed by atoms with E-state index in [1.54, 1.807) is 31.2 Å². The van der Waals surface area contributed by atoms with E-state index in [9.17, 15) is 14.4 Å². The number of hydrogen-bond donors (Lipinski definition) is 1. The molecule has 23 heavy (non-hydrogen) atoms. The van der Waals surface area contributed by atoms with Crippen LogP contribution in [-0.4, -0.2) is 37.7 Å². The molecule has 0 unspecified atom stereocenters. The van der Waals surface area contributed by atoms with Crippen molar-refractivity contribution in [3.05, 3.63) is 36.4 Å². The maximum Gasteiger partial charge on any atom is 0.331 e. The summed E-state index contributed by atoms with van der Waals surface area (Å²) in [6, 6.07) is 6.77. The van der Waals surface area contributed by atoms with Crippen LogP contribution in [-0.2, 0) is 23.9 Å². The minimum Gasteiger partial charge on any atom is -0.494 e. The second-order valence-corrected chi connectivity index (χ2v) is 4.20. The molecular weight excluding hydrogens is 302 g/mol. The summed E-state index contributed by atoms with van der Waals surface area (Å²) in [5.74, 6) is -1.25. The lowest BCUT2D eigenvalue weighted by atomic mass is 10.3. The van der Waals surface area contributed by atoms with Gasteiger partial charge in [-0.1, -0.05) is 0 Å². The first-order valence-corrected chi connectivity index (χ1v) is 7.09. The molecule has 0 aliphatic heterocycles.